The molecule has 6 nitrogen and oxygen atoms in total. The molecule has 4 rings (SSSR count). The number of nitrogens with zero attached hydrogens (tertiary/aromatic N) is 2. The van der Waals surface area contributed by atoms with Crippen molar-refractivity contribution in [1.82, 2.24) is 15.3 Å². The summed E-state index contributed by atoms with van der Waals surface area (Å²) in [5, 5.41) is 7.21. The van der Waals surface area contributed by atoms with Crippen molar-refractivity contribution in [2.24, 2.45) is 5.10 Å². The molecule has 0 spiro atoms. The van der Waals surface area contributed by atoms with E-state index in [9.17, 15) is 9.59 Å². The lowest BCUT2D eigenvalue weighted by Crippen LogP contribution is -2.32. The predicted molar refractivity (Wildman–Crippen MR) is 148 cm³/mol. The second-order valence-corrected chi connectivity index (χ2v) is 9.18. The number of carbonyl (C=O) groups is 2. The van der Waals surface area contributed by atoms with Gasteiger partial charge < -0.3 is 9.88 Å². The van der Waals surface area contributed by atoms with Gasteiger partial charge in [-0.15, -0.1) is 0 Å². The first-order valence-corrected chi connectivity index (χ1v) is 12.3. The molecule has 2 N–H and O–H groups in total. The maximum Gasteiger partial charge on any atom is 0.251 e. The van der Waals surface area contributed by atoms with E-state index in [0.29, 0.717) is 5.56 Å². The van der Waals surface area contributed by atoms with Crippen molar-refractivity contribution >= 4 is 18.0 Å². The van der Waals surface area contributed by atoms with Gasteiger partial charge in [-0.05, 0) is 68.7 Å². The van der Waals surface area contributed by atoms with Gasteiger partial charge in [-0.3, -0.25) is 9.59 Å². The summed E-state index contributed by atoms with van der Waals surface area (Å²) in [4.78, 5) is 25.6. The molecule has 188 valence electrons. The van der Waals surface area contributed by atoms with Crippen LogP contribution in [0, 0.1) is 27.7 Å². The van der Waals surface area contributed by atoms with Gasteiger partial charge in [0.1, 0.15) is 0 Å². The second kappa shape index (κ2) is 11.5. The lowest BCUT2D eigenvalue weighted by atomic mass is 10.0. The van der Waals surface area contributed by atoms with E-state index in [0.717, 1.165) is 28.2 Å². The van der Waals surface area contributed by atoms with Crippen molar-refractivity contribution in [2.45, 2.75) is 40.2 Å². The Balaban J connectivity index is 1.47. The summed E-state index contributed by atoms with van der Waals surface area (Å²) >= 11 is 0. The summed E-state index contributed by atoms with van der Waals surface area (Å²) in [7, 11) is 0. The normalized spacial score (nSPS) is 11.9. The molecule has 0 aliphatic rings. The van der Waals surface area contributed by atoms with E-state index in [4.69, 9.17) is 0 Å². The largest absolute Gasteiger partial charge is 0.345 e. The van der Waals surface area contributed by atoms with Crippen molar-refractivity contribution < 1.29 is 9.59 Å². The fraction of sp³-hybridized carbons (Fsp3) is 0.194. The molecule has 0 bridgehead atoms. The first-order valence-electron chi connectivity index (χ1n) is 12.3. The zero-order chi connectivity index (χ0) is 26.4. The van der Waals surface area contributed by atoms with Gasteiger partial charge in [0.15, 0.2) is 0 Å². The maximum absolute atomic E-state index is 12.8. The Kier molecular flexibility index (Phi) is 7.98. The van der Waals surface area contributed by atoms with Gasteiger partial charge in [0.25, 0.3) is 5.91 Å². The van der Waals surface area contributed by atoms with E-state index in [2.05, 4.69) is 65.4 Å². The van der Waals surface area contributed by atoms with E-state index in [1.165, 1.54) is 11.1 Å². The molecule has 6 heteroatoms. The highest BCUT2D eigenvalue weighted by Gasteiger charge is 2.19. The van der Waals surface area contributed by atoms with Crippen LogP contribution >= 0.6 is 0 Å². The fourth-order valence-electron chi connectivity index (χ4n) is 4.44. The van der Waals surface area contributed by atoms with Crippen molar-refractivity contribution in [2.75, 3.05) is 0 Å². The number of hydrogen-bond donors (Lipinski definition) is 2. The molecule has 0 radical (unpaired) electrons. The molecule has 1 heterocycles. The zero-order valence-electron chi connectivity index (χ0n) is 21.7. The first kappa shape index (κ1) is 25.6. The van der Waals surface area contributed by atoms with Crippen LogP contribution in [0.15, 0.2) is 90.0 Å². The third-order valence-corrected chi connectivity index (χ3v) is 6.61. The lowest BCUT2D eigenvalue weighted by Gasteiger charge is -2.18. The zero-order valence-corrected chi connectivity index (χ0v) is 21.7. The Morgan fingerprint density at radius 1 is 0.892 bits per heavy atom. The number of aromatic nitrogens is 1. The minimum absolute atomic E-state index is 0.0570. The molecular weight excluding hydrogens is 460 g/mol. The molecule has 4 aromatic rings. The molecule has 0 saturated heterocycles. The quantitative estimate of drug-likeness (QED) is 0.244. The van der Waals surface area contributed by atoms with Gasteiger partial charge in [0.2, 0.25) is 5.91 Å². The Labute approximate surface area is 218 Å². The van der Waals surface area contributed by atoms with Gasteiger partial charge in [-0.25, -0.2) is 5.43 Å². The molecule has 37 heavy (non-hydrogen) atoms. The lowest BCUT2D eigenvalue weighted by molar-refractivity contribution is -0.121. The van der Waals surface area contributed by atoms with Gasteiger partial charge in [-0.2, -0.15) is 5.10 Å². The average Bonchev–Trinajstić information content (AvgIpc) is 3.18. The number of benzene rings is 3. The Morgan fingerprint density at radius 3 is 2.27 bits per heavy atom. The molecule has 0 fully saturated rings. The minimum Gasteiger partial charge on any atom is -0.345 e. The van der Waals surface area contributed by atoms with Crippen LogP contribution in [0.3, 0.4) is 0 Å². The number of hydrogen-bond acceptors (Lipinski definition) is 3. The molecule has 3 aromatic carbocycles. The summed E-state index contributed by atoms with van der Waals surface area (Å²) in [6, 6.07) is 26.3. The topological polar surface area (TPSA) is 75.5 Å². The Bertz CT molecular complexity index is 1420. The number of rotatable bonds is 8. The predicted octanol–water partition coefficient (Wildman–Crippen LogP) is 5.72. The van der Waals surface area contributed by atoms with Crippen LogP contribution in [0.25, 0.3) is 5.69 Å². The number of aryl methyl sites for hydroxylation is 2. The van der Waals surface area contributed by atoms with Crippen LogP contribution in [0.2, 0.25) is 0 Å². The summed E-state index contributed by atoms with van der Waals surface area (Å²) in [5.74, 6) is -0.522. The molecule has 1 atom stereocenters. The molecular formula is C31H32N4O2. The molecule has 0 aliphatic heterocycles. The van der Waals surface area contributed by atoms with Crippen LogP contribution in [0.1, 0.15) is 56.5 Å². The Hall–Kier alpha value is -4.45. The van der Waals surface area contributed by atoms with Crippen molar-refractivity contribution in [3.05, 3.63) is 124 Å². The number of carbonyl (C=O) groups excluding carboxylic acids is 2. The van der Waals surface area contributed by atoms with Crippen LogP contribution in [-0.4, -0.2) is 22.6 Å². The van der Waals surface area contributed by atoms with Crippen LogP contribution in [0.4, 0.5) is 0 Å². The molecule has 2 amide bonds. The summed E-state index contributed by atoms with van der Waals surface area (Å²) < 4.78 is 2.20. The molecule has 1 aromatic heterocycles. The Morgan fingerprint density at radius 2 is 1.57 bits per heavy atom. The standard InChI is InChI=1S/C31H32N4O2/c1-21-12-11-17-29(23(21)3)35-22(2)18-27(24(35)4)20-32-34-30(36)19-28(25-13-7-5-8-14-25)33-31(37)26-15-9-6-10-16-26/h5-18,20,28H,19H2,1-4H3,(H,33,37)(H,34,36)/b32-20-/t28-/m1/s1. The van der Waals surface area contributed by atoms with Gasteiger partial charge >= 0.3 is 0 Å². The first-order chi connectivity index (χ1) is 17.8. The smallest absolute Gasteiger partial charge is 0.251 e. The third kappa shape index (κ3) is 6.04. The van der Waals surface area contributed by atoms with E-state index >= 15 is 0 Å². The monoisotopic (exact) mass is 492 g/mol. The van der Waals surface area contributed by atoms with Crippen LogP contribution in [-0.2, 0) is 4.79 Å². The number of amides is 2. The van der Waals surface area contributed by atoms with Crippen molar-refractivity contribution in [3.8, 4) is 5.69 Å². The second-order valence-electron chi connectivity index (χ2n) is 9.18. The fourth-order valence-corrected chi connectivity index (χ4v) is 4.44. The number of hydrazone groups is 1. The van der Waals surface area contributed by atoms with Crippen molar-refractivity contribution in [1.29, 1.82) is 0 Å². The highest BCUT2D eigenvalue weighted by Crippen LogP contribution is 2.24. The summed E-state index contributed by atoms with van der Waals surface area (Å²) in [6.45, 7) is 8.33. The third-order valence-electron chi connectivity index (χ3n) is 6.61. The average molecular weight is 493 g/mol. The van der Waals surface area contributed by atoms with Crippen LogP contribution < -0.4 is 10.7 Å². The van der Waals surface area contributed by atoms with Gasteiger partial charge in [0.05, 0.1) is 18.7 Å². The van der Waals surface area contributed by atoms with Gasteiger partial charge in [-0.1, -0.05) is 60.7 Å². The highest BCUT2D eigenvalue weighted by molar-refractivity contribution is 5.94. The molecule has 0 saturated carbocycles. The maximum atomic E-state index is 12.8. The van der Waals surface area contributed by atoms with E-state index < -0.39 is 6.04 Å². The van der Waals surface area contributed by atoms with Crippen LogP contribution in [0.5, 0.6) is 0 Å². The SMILES string of the molecule is Cc1cccc(-n2c(C)cc(/C=N\NC(=O)C[C@@H](NC(=O)c3ccccc3)c3ccccc3)c2C)c1C. The molecule has 0 aliphatic carbocycles. The minimum atomic E-state index is -0.488. The van der Waals surface area contributed by atoms with Gasteiger partial charge in [0, 0.05) is 28.2 Å². The highest BCUT2D eigenvalue weighted by atomic mass is 16.2. The van der Waals surface area contributed by atoms with E-state index in [1.54, 1.807) is 18.3 Å². The molecule has 0 unspecified atom stereocenters. The summed E-state index contributed by atoms with van der Waals surface area (Å²) in [5.41, 5.74) is 10.7. The van der Waals surface area contributed by atoms with E-state index in [-0.39, 0.29) is 18.2 Å². The van der Waals surface area contributed by atoms with Crippen molar-refractivity contribution in [3.63, 3.8) is 0 Å². The van der Waals surface area contributed by atoms with E-state index in [1.807, 2.05) is 55.5 Å². The number of nitrogens with one attached hydrogen (secondary N) is 2. The summed E-state index contributed by atoms with van der Waals surface area (Å²) in [6.07, 6.45) is 1.73.